The van der Waals surface area contributed by atoms with Crippen molar-refractivity contribution < 1.29 is 4.74 Å². The van der Waals surface area contributed by atoms with Gasteiger partial charge in [0.15, 0.2) is 0 Å². The van der Waals surface area contributed by atoms with E-state index in [0.29, 0.717) is 12.1 Å². The Bertz CT molecular complexity index is 278. The summed E-state index contributed by atoms with van der Waals surface area (Å²) < 4.78 is 5.77. The van der Waals surface area contributed by atoms with Crippen molar-refractivity contribution in [2.24, 2.45) is 17.8 Å². The number of nitrogens with one attached hydrogen (secondary N) is 1. The van der Waals surface area contributed by atoms with Crippen LogP contribution >= 0.6 is 0 Å². The molecule has 0 aromatic rings. The number of hydrogen-bond donors (Lipinski definition) is 1. The van der Waals surface area contributed by atoms with Crippen LogP contribution in [0.2, 0.25) is 0 Å². The second kappa shape index (κ2) is 7.77. The van der Waals surface area contributed by atoms with Gasteiger partial charge in [-0.2, -0.15) is 0 Å². The van der Waals surface area contributed by atoms with E-state index in [9.17, 15) is 0 Å². The highest BCUT2D eigenvalue weighted by atomic mass is 16.5. The van der Waals surface area contributed by atoms with Gasteiger partial charge >= 0.3 is 0 Å². The third-order valence-electron chi connectivity index (χ3n) is 5.21. The highest BCUT2D eigenvalue weighted by Gasteiger charge is 2.34. The van der Waals surface area contributed by atoms with Crippen LogP contribution in [0.25, 0.3) is 0 Å². The standard InChI is InChI=1S/C17H34N2O/c1-5-18-17-10-13(2)9-14(3)16(17)12-19(4)11-15-7-6-8-20-15/h13-18H,5-12H2,1-4H3. The molecule has 5 unspecified atom stereocenters. The topological polar surface area (TPSA) is 24.5 Å². The lowest BCUT2D eigenvalue weighted by Gasteiger charge is -2.42. The molecule has 3 nitrogen and oxygen atoms in total. The van der Waals surface area contributed by atoms with Crippen molar-refractivity contribution in [1.82, 2.24) is 10.2 Å². The lowest BCUT2D eigenvalue weighted by molar-refractivity contribution is 0.0583. The van der Waals surface area contributed by atoms with Crippen LogP contribution in [-0.4, -0.2) is 50.3 Å². The number of ether oxygens (including phenoxy) is 1. The van der Waals surface area contributed by atoms with Gasteiger partial charge in [-0.25, -0.2) is 0 Å². The summed E-state index contributed by atoms with van der Waals surface area (Å²) in [6.07, 6.45) is 5.71. The van der Waals surface area contributed by atoms with Gasteiger partial charge in [-0.15, -0.1) is 0 Å². The molecule has 2 aliphatic rings. The molecule has 1 heterocycles. The summed E-state index contributed by atoms with van der Waals surface area (Å²) in [7, 11) is 2.27. The maximum absolute atomic E-state index is 5.77. The van der Waals surface area contributed by atoms with Crippen molar-refractivity contribution in [3.8, 4) is 0 Å². The van der Waals surface area contributed by atoms with E-state index in [1.807, 2.05) is 0 Å². The van der Waals surface area contributed by atoms with Crippen LogP contribution < -0.4 is 5.32 Å². The average molecular weight is 282 g/mol. The lowest BCUT2D eigenvalue weighted by atomic mass is 9.72. The van der Waals surface area contributed by atoms with Gasteiger partial charge in [0.1, 0.15) is 0 Å². The number of nitrogens with zero attached hydrogens (tertiary/aromatic N) is 1. The maximum atomic E-state index is 5.77. The van der Waals surface area contributed by atoms with Crippen molar-refractivity contribution in [3.63, 3.8) is 0 Å². The zero-order valence-electron chi connectivity index (χ0n) is 13.9. The van der Waals surface area contributed by atoms with Gasteiger partial charge < -0.3 is 15.0 Å². The van der Waals surface area contributed by atoms with E-state index < -0.39 is 0 Å². The monoisotopic (exact) mass is 282 g/mol. The Kier molecular flexibility index (Phi) is 6.31. The quantitative estimate of drug-likeness (QED) is 0.811. The second-order valence-electron chi connectivity index (χ2n) is 7.24. The number of likely N-dealkylation sites (N-methyl/N-ethyl adjacent to an activating group) is 1. The van der Waals surface area contributed by atoms with E-state index in [1.54, 1.807) is 0 Å². The minimum Gasteiger partial charge on any atom is -0.377 e. The number of rotatable bonds is 6. The Morgan fingerprint density at radius 3 is 2.65 bits per heavy atom. The normalized spacial score (nSPS) is 38.5. The van der Waals surface area contributed by atoms with Gasteiger partial charge in [0.05, 0.1) is 6.10 Å². The molecule has 118 valence electrons. The molecule has 0 amide bonds. The molecule has 20 heavy (non-hydrogen) atoms. The fourth-order valence-electron chi connectivity index (χ4n) is 4.29. The molecule has 1 aliphatic carbocycles. The molecule has 0 aromatic carbocycles. The van der Waals surface area contributed by atoms with Crippen LogP contribution in [-0.2, 0) is 4.74 Å². The fraction of sp³-hybridized carbons (Fsp3) is 1.00. The van der Waals surface area contributed by atoms with Crippen LogP contribution in [0.15, 0.2) is 0 Å². The number of hydrogen-bond acceptors (Lipinski definition) is 3. The SMILES string of the molecule is CCNC1CC(C)CC(C)C1CN(C)CC1CCCO1. The van der Waals surface area contributed by atoms with Gasteiger partial charge in [0.2, 0.25) is 0 Å². The van der Waals surface area contributed by atoms with Crippen molar-refractivity contribution in [2.75, 3.05) is 33.3 Å². The molecular weight excluding hydrogens is 248 g/mol. The van der Waals surface area contributed by atoms with Gasteiger partial charge in [0.25, 0.3) is 0 Å². The molecule has 1 N–H and O–H groups in total. The first-order valence-corrected chi connectivity index (χ1v) is 8.63. The molecule has 0 bridgehead atoms. The zero-order chi connectivity index (χ0) is 14.5. The van der Waals surface area contributed by atoms with E-state index in [2.05, 4.69) is 38.0 Å². The van der Waals surface area contributed by atoms with Crippen molar-refractivity contribution in [2.45, 2.75) is 58.6 Å². The molecule has 0 radical (unpaired) electrons. The Labute approximate surface area is 125 Å². The fourth-order valence-corrected chi connectivity index (χ4v) is 4.29. The van der Waals surface area contributed by atoms with Gasteiger partial charge in [-0.1, -0.05) is 20.8 Å². The van der Waals surface area contributed by atoms with Crippen molar-refractivity contribution in [3.05, 3.63) is 0 Å². The van der Waals surface area contributed by atoms with Gasteiger partial charge in [0, 0.05) is 25.7 Å². The van der Waals surface area contributed by atoms with Crippen molar-refractivity contribution >= 4 is 0 Å². The Hall–Kier alpha value is -0.120. The molecule has 2 rings (SSSR count). The first-order chi connectivity index (χ1) is 9.60. The second-order valence-corrected chi connectivity index (χ2v) is 7.24. The lowest BCUT2D eigenvalue weighted by Crippen LogP contribution is -2.49. The summed E-state index contributed by atoms with van der Waals surface area (Å²) >= 11 is 0. The van der Waals surface area contributed by atoms with E-state index in [-0.39, 0.29) is 0 Å². The minimum atomic E-state index is 0.482. The molecule has 0 spiro atoms. The summed E-state index contributed by atoms with van der Waals surface area (Å²) in [6, 6.07) is 0.700. The van der Waals surface area contributed by atoms with Crippen LogP contribution in [0.5, 0.6) is 0 Å². The Morgan fingerprint density at radius 1 is 1.20 bits per heavy atom. The van der Waals surface area contributed by atoms with Gasteiger partial charge in [-0.3, -0.25) is 0 Å². The summed E-state index contributed by atoms with van der Waals surface area (Å²) in [6.45, 7) is 11.5. The smallest absolute Gasteiger partial charge is 0.0702 e. The molecule has 3 heteroatoms. The summed E-state index contributed by atoms with van der Waals surface area (Å²) in [5.41, 5.74) is 0. The van der Waals surface area contributed by atoms with Crippen LogP contribution in [0.1, 0.15) is 46.5 Å². The molecule has 5 atom stereocenters. The summed E-state index contributed by atoms with van der Waals surface area (Å²) in [4.78, 5) is 2.51. The summed E-state index contributed by atoms with van der Waals surface area (Å²) in [5, 5.41) is 3.74. The summed E-state index contributed by atoms with van der Waals surface area (Å²) in [5.74, 6) is 2.49. The average Bonchev–Trinajstić information content (AvgIpc) is 2.86. The van der Waals surface area contributed by atoms with E-state index in [1.165, 1.54) is 32.2 Å². The molecular formula is C17H34N2O. The molecule has 1 saturated carbocycles. The predicted octanol–water partition coefficient (Wildman–Crippen LogP) is 2.76. The highest BCUT2D eigenvalue weighted by molar-refractivity contribution is 4.89. The third kappa shape index (κ3) is 4.44. The van der Waals surface area contributed by atoms with Crippen LogP contribution in [0.3, 0.4) is 0 Å². The van der Waals surface area contributed by atoms with Crippen LogP contribution in [0, 0.1) is 17.8 Å². The molecule has 0 aromatic heterocycles. The van der Waals surface area contributed by atoms with E-state index in [0.717, 1.165) is 37.5 Å². The van der Waals surface area contributed by atoms with Crippen LogP contribution in [0.4, 0.5) is 0 Å². The van der Waals surface area contributed by atoms with E-state index >= 15 is 0 Å². The first-order valence-electron chi connectivity index (χ1n) is 8.63. The minimum absolute atomic E-state index is 0.482. The van der Waals surface area contributed by atoms with Crippen molar-refractivity contribution in [1.29, 1.82) is 0 Å². The Morgan fingerprint density at radius 2 is 2.00 bits per heavy atom. The molecule has 1 saturated heterocycles. The highest BCUT2D eigenvalue weighted by Crippen LogP contribution is 2.34. The predicted molar refractivity (Wildman–Crippen MR) is 85.0 cm³/mol. The molecule has 1 aliphatic heterocycles. The maximum Gasteiger partial charge on any atom is 0.0702 e. The van der Waals surface area contributed by atoms with Gasteiger partial charge in [-0.05, 0) is 57.0 Å². The molecule has 2 fully saturated rings. The van der Waals surface area contributed by atoms with E-state index in [4.69, 9.17) is 4.74 Å². The Balaban J connectivity index is 1.86. The largest absolute Gasteiger partial charge is 0.377 e. The zero-order valence-corrected chi connectivity index (χ0v) is 13.9. The first kappa shape index (κ1) is 16.3. The third-order valence-corrected chi connectivity index (χ3v) is 5.21.